The van der Waals surface area contributed by atoms with Crippen LogP contribution in [0, 0.1) is 0 Å². The fraction of sp³-hybridized carbons (Fsp3) is 0.500. The van der Waals surface area contributed by atoms with Crippen molar-refractivity contribution in [3.8, 4) is 5.75 Å². The molecule has 36 heavy (non-hydrogen) atoms. The molecule has 14 heteroatoms. The number of nitrogens with zero attached hydrogens (tertiary/aromatic N) is 1. The summed E-state index contributed by atoms with van der Waals surface area (Å²) in [6.07, 6.45) is -5.09. The second-order valence-electron chi connectivity index (χ2n) is 7.44. The van der Waals surface area contributed by atoms with Gasteiger partial charge in [-0.2, -0.15) is 0 Å². The van der Waals surface area contributed by atoms with Crippen LogP contribution in [-0.2, 0) is 42.9 Å². The lowest BCUT2D eigenvalue weighted by Crippen LogP contribution is -2.61. The van der Waals surface area contributed by atoms with Gasteiger partial charge in [-0.15, -0.1) is 0 Å². The first kappa shape index (κ1) is 29.2. The Kier molecular flexibility index (Phi) is 10.8. The molecule has 0 spiro atoms. The molecule has 0 unspecified atom stereocenters. The second kappa shape index (κ2) is 13.3. The molecule has 1 aromatic carbocycles. The molecule has 2 rings (SSSR count). The zero-order valence-electron chi connectivity index (χ0n) is 20.1. The molecular weight excluding hydrogens is 522 g/mol. The van der Waals surface area contributed by atoms with Crippen LogP contribution in [0.4, 0.5) is 0 Å². The van der Waals surface area contributed by atoms with Crippen molar-refractivity contribution in [3.05, 3.63) is 28.8 Å². The first-order chi connectivity index (χ1) is 17.0. The highest BCUT2D eigenvalue weighted by Gasteiger charge is 2.52. The molecule has 0 radical (unpaired) electrons. The highest BCUT2D eigenvalue weighted by Crippen LogP contribution is 2.37. The largest absolute Gasteiger partial charge is 0.495 e. The Morgan fingerprint density at radius 1 is 0.972 bits per heavy atom. The second-order valence-corrected chi connectivity index (χ2v) is 8.93. The summed E-state index contributed by atoms with van der Waals surface area (Å²) in [6.45, 7) is 4.16. The van der Waals surface area contributed by atoms with Crippen molar-refractivity contribution >= 4 is 52.3 Å². The van der Waals surface area contributed by atoms with Gasteiger partial charge in [0, 0.05) is 33.3 Å². The van der Waals surface area contributed by atoms with E-state index in [2.05, 4.69) is 5.16 Å². The molecule has 0 bridgehead atoms. The molecule has 198 valence electrons. The van der Waals surface area contributed by atoms with E-state index in [4.69, 9.17) is 40.0 Å². The Balaban J connectivity index is 2.50. The lowest BCUT2D eigenvalue weighted by molar-refractivity contribution is -0.237. The van der Waals surface area contributed by atoms with Crippen LogP contribution >= 0.6 is 23.4 Å². The Morgan fingerprint density at radius 3 is 2.06 bits per heavy atom. The van der Waals surface area contributed by atoms with Crippen molar-refractivity contribution in [3.63, 3.8) is 0 Å². The SMILES string of the molecule is COc1ccc(C(=NO)S[C@@H]2O[C@H](COC(C)=O)[C@@H](OC(C)=O)[C@H](OC(C)=O)[C@H]2OC(C)=O)cc1Cl. The van der Waals surface area contributed by atoms with Gasteiger partial charge in [-0.25, -0.2) is 0 Å². The minimum absolute atomic E-state index is 0.000419. The number of esters is 4. The van der Waals surface area contributed by atoms with Gasteiger partial charge < -0.3 is 33.6 Å². The van der Waals surface area contributed by atoms with Crippen LogP contribution in [0.3, 0.4) is 0 Å². The number of benzene rings is 1. The molecule has 0 aromatic heterocycles. The first-order valence-electron chi connectivity index (χ1n) is 10.5. The van der Waals surface area contributed by atoms with Crippen molar-refractivity contribution in [2.24, 2.45) is 5.16 Å². The van der Waals surface area contributed by atoms with Crippen LogP contribution in [0.5, 0.6) is 5.75 Å². The number of thioether (sulfide) groups is 1. The van der Waals surface area contributed by atoms with Crippen LogP contribution < -0.4 is 4.74 Å². The Morgan fingerprint density at radius 2 is 1.56 bits per heavy atom. The van der Waals surface area contributed by atoms with Gasteiger partial charge in [-0.3, -0.25) is 19.2 Å². The third kappa shape index (κ3) is 8.00. The maximum absolute atomic E-state index is 11.9. The molecular formula is C22H26ClNO11S. The number of rotatable bonds is 8. The zero-order valence-corrected chi connectivity index (χ0v) is 21.7. The van der Waals surface area contributed by atoms with E-state index in [0.717, 1.165) is 32.5 Å². The van der Waals surface area contributed by atoms with Crippen molar-refractivity contribution in [1.29, 1.82) is 0 Å². The molecule has 1 fully saturated rings. The number of carbonyl (C=O) groups is 4. The first-order valence-corrected chi connectivity index (χ1v) is 11.8. The topological polar surface area (TPSA) is 156 Å². The zero-order chi connectivity index (χ0) is 27.0. The van der Waals surface area contributed by atoms with Gasteiger partial charge in [-0.1, -0.05) is 28.5 Å². The fourth-order valence-corrected chi connectivity index (χ4v) is 4.67. The number of carbonyl (C=O) groups excluding carboxylic acids is 4. The minimum atomic E-state index is -1.35. The van der Waals surface area contributed by atoms with Gasteiger partial charge in [-0.05, 0) is 18.2 Å². The Labute approximate surface area is 216 Å². The quantitative estimate of drug-likeness (QED) is 0.127. The molecule has 1 aliphatic rings. The van der Waals surface area contributed by atoms with E-state index in [0.29, 0.717) is 11.3 Å². The van der Waals surface area contributed by atoms with Gasteiger partial charge in [0.1, 0.15) is 23.5 Å². The summed E-state index contributed by atoms with van der Waals surface area (Å²) in [5.41, 5.74) is -0.807. The summed E-state index contributed by atoms with van der Waals surface area (Å²) in [5, 5.41) is 13.3. The van der Waals surface area contributed by atoms with Gasteiger partial charge >= 0.3 is 23.9 Å². The highest BCUT2D eigenvalue weighted by atomic mass is 35.5. The van der Waals surface area contributed by atoms with Crippen molar-refractivity contribution in [2.45, 2.75) is 57.5 Å². The van der Waals surface area contributed by atoms with Crippen LogP contribution in [0.15, 0.2) is 23.4 Å². The van der Waals surface area contributed by atoms with E-state index < -0.39 is 53.7 Å². The van der Waals surface area contributed by atoms with Crippen LogP contribution in [0.1, 0.15) is 33.3 Å². The van der Waals surface area contributed by atoms with E-state index in [1.54, 1.807) is 12.1 Å². The Bertz CT molecular complexity index is 1020. The Hall–Kier alpha value is -3.03. The summed E-state index contributed by atoms with van der Waals surface area (Å²) in [6, 6.07) is 4.60. The summed E-state index contributed by atoms with van der Waals surface area (Å²) < 4.78 is 32.3. The third-order valence-corrected chi connectivity index (χ3v) is 6.11. The molecule has 1 saturated heterocycles. The predicted octanol–water partition coefficient (Wildman–Crippen LogP) is 2.30. The van der Waals surface area contributed by atoms with E-state index in [1.807, 2.05) is 0 Å². The number of ether oxygens (including phenoxy) is 6. The van der Waals surface area contributed by atoms with E-state index in [1.165, 1.54) is 20.1 Å². The minimum Gasteiger partial charge on any atom is -0.495 e. The molecule has 1 heterocycles. The molecule has 1 aliphatic heterocycles. The van der Waals surface area contributed by atoms with Gasteiger partial charge in [0.25, 0.3) is 0 Å². The van der Waals surface area contributed by atoms with Crippen molar-refractivity contribution in [2.75, 3.05) is 13.7 Å². The molecule has 12 nitrogen and oxygen atoms in total. The number of methoxy groups -OCH3 is 1. The molecule has 1 N–H and O–H groups in total. The van der Waals surface area contributed by atoms with Crippen LogP contribution in [0.25, 0.3) is 0 Å². The van der Waals surface area contributed by atoms with Gasteiger partial charge in [0.05, 0.1) is 12.1 Å². The fourth-order valence-electron chi connectivity index (χ4n) is 3.34. The van der Waals surface area contributed by atoms with Crippen LogP contribution in [-0.4, -0.2) is 77.7 Å². The number of hydrogen-bond donors (Lipinski definition) is 1. The molecule has 0 amide bonds. The number of oxime groups is 1. The van der Waals surface area contributed by atoms with E-state index in [9.17, 15) is 24.4 Å². The number of halogens is 1. The normalized spacial score (nSPS) is 23.8. The maximum Gasteiger partial charge on any atom is 0.303 e. The molecule has 1 aromatic rings. The molecule has 0 saturated carbocycles. The smallest absolute Gasteiger partial charge is 0.303 e. The monoisotopic (exact) mass is 547 g/mol. The number of hydrogen-bond acceptors (Lipinski definition) is 13. The average molecular weight is 548 g/mol. The van der Waals surface area contributed by atoms with E-state index in [-0.39, 0.29) is 16.7 Å². The van der Waals surface area contributed by atoms with Crippen molar-refractivity contribution in [1.82, 2.24) is 0 Å². The van der Waals surface area contributed by atoms with Gasteiger partial charge in [0.15, 0.2) is 23.7 Å². The summed E-state index contributed by atoms with van der Waals surface area (Å²) >= 11 is 7.00. The molecule has 0 aliphatic carbocycles. The van der Waals surface area contributed by atoms with Crippen molar-refractivity contribution < 1.29 is 52.8 Å². The summed E-state index contributed by atoms with van der Waals surface area (Å²) in [4.78, 5) is 47.1. The predicted molar refractivity (Wildman–Crippen MR) is 126 cm³/mol. The lowest BCUT2D eigenvalue weighted by Gasteiger charge is -2.44. The summed E-state index contributed by atoms with van der Waals surface area (Å²) in [7, 11) is 1.44. The lowest BCUT2D eigenvalue weighted by atomic mass is 9.99. The molecule has 5 atom stereocenters. The summed E-state index contributed by atoms with van der Waals surface area (Å²) in [5.74, 6) is -2.51. The third-order valence-electron chi connectivity index (χ3n) is 4.67. The van der Waals surface area contributed by atoms with E-state index >= 15 is 0 Å². The van der Waals surface area contributed by atoms with Crippen LogP contribution in [0.2, 0.25) is 5.02 Å². The van der Waals surface area contributed by atoms with Gasteiger partial charge in [0.2, 0.25) is 0 Å². The standard InChI is InChI=1S/C22H26ClNO11S/c1-10(25)31-9-17-18(32-11(2)26)19(33-12(3)27)20(34-13(4)28)22(35-17)36-21(24-29)14-6-7-16(30-5)15(23)8-14/h6-8,17-20,22,29H,9H2,1-5H3/t17-,18-,19+,20-,22+/m1/s1. The average Bonchev–Trinajstić information content (AvgIpc) is 2.78. The highest BCUT2D eigenvalue weighted by molar-refractivity contribution is 8.14. The maximum atomic E-state index is 11.9.